The van der Waals surface area contributed by atoms with E-state index in [0.29, 0.717) is 13.0 Å². The number of likely N-dealkylation sites (N-methyl/N-ethyl adjacent to an activating group) is 1. The second kappa shape index (κ2) is 9.40. The average molecular weight is 434 g/mol. The van der Waals surface area contributed by atoms with Gasteiger partial charge in [-0.05, 0) is 25.2 Å². The molecule has 11 heteroatoms. The van der Waals surface area contributed by atoms with Gasteiger partial charge in [0.1, 0.15) is 6.29 Å². The number of carbonyl (C=O) groups excluding carboxylic acids is 3. The zero-order chi connectivity index (χ0) is 22.6. The van der Waals surface area contributed by atoms with Gasteiger partial charge in [-0.3, -0.25) is 4.79 Å². The largest absolute Gasteiger partial charge is 0.334 e. The van der Waals surface area contributed by atoms with E-state index in [1.165, 1.54) is 30.3 Å². The predicted octanol–water partition coefficient (Wildman–Crippen LogP) is 0.0185. The smallest absolute Gasteiger partial charge is 0.315 e. The third-order valence-electron chi connectivity index (χ3n) is 5.28. The van der Waals surface area contributed by atoms with Crippen molar-refractivity contribution in [2.24, 2.45) is 5.41 Å². The average Bonchev–Trinajstić information content (AvgIpc) is 3.00. The van der Waals surface area contributed by atoms with Crippen molar-refractivity contribution in [2.45, 2.75) is 52.1 Å². The summed E-state index contributed by atoms with van der Waals surface area (Å²) in [5.74, 6) is -0.327. The van der Waals surface area contributed by atoms with Crippen LogP contribution < -0.4 is 10.6 Å². The SMILES string of the molecule is CN(C)S(=O)(=O)N(C)CC(NC(=O)NCC(=O)N1CCCC1(C)C=O)C(C)(C)C. The first-order valence-corrected chi connectivity index (χ1v) is 11.0. The molecule has 1 heterocycles. The Balaban J connectivity index is 2.72. The molecule has 0 aromatic rings. The summed E-state index contributed by atoms with van der Waals surface area (Å²) in [5, 5.41) is 5.29. The minimum Gasteiger partial charge on any atom is -0.334 e. The van der Waals surface area contributed by atoms with Gasteiger partial charge in [-0.2, -0.15) is 17.0 Å². The summed E-state index contributed by atoms with van der Waals surface area (Å²) in [6.45, 7) is 7.69. The molecular weight excluding hydrogens is 398 g/mol. The van der Waals surface area contributed by atoms with Crippen molar-refractivity contribution in [2.75, 3.05) is 40.8 Å². The van der Waals surface area contributed by atoms with E-state index in [2.05, 4.69) is 10.6 Å². The Kier molecular flexibility index (Phi) is 8.20. The highest BCUT2D eigenvalue weighted by molar-refractivity contribution is 7.86. The van der Waals surface area contributed by atoms with Gasteiger partial charge in [-0.25, -0.2) is 4.79 Å². The maximum Gasteiger partial charge on any atom is 0.315 e. The van der Waals surface area contributed by atoms with Crippen LogP contribution in [0.15, 0.2) is 0 Å². The lowest BCUT2D eigenvalue weighted by molar-refractivity contribution is -0.137. The van der Waals surface area contributed by atoms with Crippen molar-refractivity contribution >= 4 is 28.4 Å². The third kappa shape index (κ3) is 6.38. The molecule has 2 N–H and O–H groups in total. The Morgan fingerprint density at radius 3 is 2.31 bits per heavy atom. The van der Waals surface area contributed by atoms with Crippen molar-refractivity contribution in [1.82, 2.24) is 24.1 Å². The van der Waals surface area contributed by atoms with E-state index in [1.807, 2.05) is 20.8 Å². The Bertz CT molecular complexity index is 719. The zero-order valence-electron chi connectivity index (χ0n) is 18.5. The number of amides is 3. The van der Waals surface area contributed by atoms with E-state index in [0.717, 1.165) is 17.0 Å². The van der Waals surface area contributed by atoms with Gasteiger partial charge >= 0.3 is 6.03 Å². The minimum atomic E-state index is -3.62. The molecule has 1 saturated heterocycles. The standard InChI is InChI=1S/C18H35N5O5S/c1-17(2,3)14(12-22(7)29(27,28)21(5)6)20-16(26)19-11-15(25)23-10-8-9-18(23,4)13-24/h13-14H,8-12H2,1-7H3,(H2,19,20,26). The van der Waals surface area contributed by atoms with Crippen molar-refractivity contribution in [3.63, 3.8) is 0 Å². The Hall–Kier alpha value is -1.72. The summed E-state index contributed by atoms with van der Waals surface area (Å²) in [4.78, 5) is 37.6. The first-order valence-electron chi connectivity index (χ1n) is 9.60. The van der Waals surface area contributed by atoms with Gasteiger partial charge in [0.25, 0.3) is 10.2 Å². The quantitative estimate of drug-likeness (QED) is 0.523. The molecule has 0 spiro atoms. The molecule has 168 valence electrons. The first kappa shape index (κ1) is 25.3. The molecule has 2 atom stereocenters. The molecule has 0 aliphatic carbocycles. The van der Waals surface area contributed by atoms with Crippen molar-refractivity contribution < 1.29 is 22.8 Å². The van der Waals surface area contributed by atoms with Gasteiger partial charge in [-0.15, -0.1) is 0 Å². The molecule has 0 aromatic carbocycles. The molecule has 0 aromatic heterocycles. The second-order valence-corrected chi connectivity index (χ2v) is 11.2. The molecule has 3 amide bonds. The fourth-order valence-electron chi connectivity index (χ4n) is 3.14. The number of likely N-dealkylation sites (tertiary alicyclic amines) is 1. The highest BCUT2D eigenvalue weighted by Crippen LogP contribution is 2.26. The number of rotatable bonds is 8. The summed E-state index contributed by atoms with van der Waals surface area (Å²) >= 11 is 0. The van der Waals surface area contributed by atoms with Crippen LogP contribution in [0.5, 0.6) is 0 Å². The van der Waals surface area contributed by atoms with Crippen LogP contribution in [0.4, 0.5) is 4.79 Å². The van der Waals surface area contributed by atoms with E-state index in [4.69, 9.17) is 0 Å². The maximum absolute atomic E-state index is 12.4. The molecular formula is C18H35N5O5S. The fraction of sp³-hybridized carbons (Fsp3) is 0.833. The van der Waals surface area contributed by atoms with E-state index >= 15 is 0 Å². The maximum atomic E-state index is 12.4. The monoisotopic (exact) mass is 433 g/mol. The van der Waals surface area contributed by atoms with Crippen LogP contribution in [0.3, 0.4) is 0 Å². The summed E-state index contributed by atoms with van der Waals surface area (Å²) in [5.41, 5.74) is -1.26. The predicted molar refractivity (Wildman–Crippen MR) is 110 cm³/mol. The van der Waals surface area contributed by atoms with Gasteiger partial charge in [0, 0.05) is 40.3 Å². The highest BCUT2D eigenvalue weighted by atomic mass is 32.2. The van der Waals surface area contributed by atoms with Crippen LogP contribution in [0.25, 0.3) is 0 Å². The third-order valence-corrected chi connectivity index (χ3v) is 7.14. The molecule has 29 heavy (non-hydrogen) atoms. The summed E-state index contributed by atoms with van der Waals surface area (Å²) < 4.78 is 26.8. The van der Waals surface area contributed by atoms with Gasteiger partial charge in [0.05, 0.1) is 12.1 Å². The number of aldehydes is 1. The first-order chi connectivity index (χ1) is 13.1. The van der Waals surface area contributed by atoms with Crippen LogP contribution in [-0.2, 0) is 19.8 Å². The van der Waals surface area contributed by atoms with E-state index < -0.39 is 33.2 Å². The molecule has 1 rings (SSSR count). The highest BCUT2D eigenvalue weighted by Gasteiger charge is 2.39. The van der Waals surface area contributed by atoms with Gasteiger partial charge < -0.3 is 20.3 Å². The van der Waals surface area contributed by atoms with Crippen LogP contribution >= 0.6 is 0 Å². The van der Waals surface area contributed by atoms with Gasteiger partial charge in [0.15, 0.2) is 0 Å². The van der Waals surface area contributed by atoms with Crippen LogP contribution in [0, 0.1) is 5.41 Å². The number of hydrogen-bond acceptors (Lipinski definition) is 5. The van der Waals surface area contributed by atoms with Crippen molar-refractivity contribution in [3.8, 4) is 0 Å². The molecule has 1 fully saturated rings. The fourth-order valence-corrected chi connectivity index (χ4v) is 4.04. The second-order valence-electron chi connectivity index (χ2n) is 8.94. The lowest BCUT2D eigenvalue weighted by Crippen LogP contribution is -2.56. The number of carbonyl (C=O) groups is 3. The number of nitrogens with zero attached hydrogens (tertiary/aromatic N) is 3. The van der Waals surface area contributed by atoms with Crippen LogP contribution in [0.1, 0.15) is 40.5 Å². The van der Waals surface area contributed by atoms with Gasteiger partial charge in [0.2, 0.25) is 5.91 Å². The van der Waals surface area contributed by atoms with E-state index in [1.54, 1.807) is 6.92 Å². The Morgan fingerprint density at radius 2 is 1.83 bits per heavy atom. The number of urea groups is 1. The van der Waals surface area contributed by atoms with E-state index in [9.17, 15) is 22.8 Å². The lowest BCUT2D eigenvalue weighted by atomic mass is 9.87. The molecule has 2 unspecified atom stereocenters. The normalized spacial score (nSPS) is 21.3. The lowest BCUT2D eigenvalue weighted by Gasteiger charge is -2.35. The molecule has 0 radical (unpaired) electrons. The zero-order valence-corrected chi connectivity index (χ0v) is 19.3. The number of nitrogens with one attached hydrogen (secondary N) is 2. The summed E-state index contributed by atoms with van der Waals surface area (Å²) in [7, 11) is 0.709. The topological polar surface area (TPSA) is 119 Å². The van der Waals surface area contributed by atoms with E-state index in [-0.39, 0.29) is 19.0 Å². The molecule has 10 nitrogen and oxygen atoms in total. The minimum absolute atomic E-state index is 0.0702. The summed E-state index contributed by atoms with van der Waals surface area (Å²) in [6.07, 6.45) is 2.12. The molecule has 0 saturated carbocycles. The molecule has 1 aliphatic rings. The number of hydrogen-bond donors (Lipinski definition) is 2. The Morgan fingerprint density at radius 1 is 1.24 bits per heavy atom. The summed E-state index contributed by atoms with van der Waals surface area (Å²) in [6, 6.07) is -1.06. The van der Waals surface area contributed by atoms with Crippen molar-refractivity contribution in [1.29, 1.82) is 0 Å². The van der Waals surface area contributed by atoms with Crippen molar-refractivity contribution in [3.05, 3.63) is 0 Å². The Labute approximate surface area is 174 Å². The van der Waals surface area contributed by atoms with Crippen LogP contribution in [0.2, 0.25) is 0 Å². The van der Waals surface area contributed by atoms with Gasteiger partial charge in [-0.1, -0.05) is 20.8 Å². The molecule has 0 bridgehead atoms. The van der Waals surface area contributed by atoms with Crippen LogP contribution in [-0.4, -0.2) is 92.5 Å². The molecule has 1 aliphatic heterocycles.